The van der Waals surface area contributed by atoms with Gasteiger partial charge in [0.05, 0.1) is 11.6 Å². The largest absolute Gasteiger partial charge is 0.192 e. The highest BCUT2D eigenvalue weighted by atomic mass is 14.3. The second-order valence-electron chi connectivity index (χ2n) is 4.46. The zero-order chi connectivity index (χ0) is 11.2. The van der Waals surface area contributed by atoms with Crippen LogP contribution in [0.25, 0.3) is 5.57 Å². The normalized spacial score (nSPS) is 18.1. The molecule has 0 aromatic heterocycles. The molecule has 0 heterocycles. The summed E-state index contributed by atoms with van der Waals surface area (Å²) in [5.41, 5.74) is 1.89. The van der Waals surface area contributed by atoms with Gasteiger partial charge in [0.15, 0.2) is 0 Å². The topological polar surface area (TPSA) is 23.8 Å². The third-order valence-electron chi connectivity index (χ3n) is 3.26. The Morgan fingerprint density at radius 1 is 1.12 bits per heavy atom. The number of allylic oxidation sites excluding steroid dienone is 2. The summed E-state index contributed by atoms with van der Waals surface area (Å²) in [7, 11) is 0. The van der Waals surface area contributed by atoms with Crippen LogP contribution in [0.3, 0.4) is 0 Å². The fourth-order valence-electron chi connectivity index (χ4n) is 2.35. The van der Waals surface area contributed by atoms with Crippen LogP contribution in [-0.4, -0.2) is 0 Å². The Labute approximate surface area is 97.4 Å². The fraction of sp³-hybridized carbons (Fsp3) is 0.400. The highest BCUT2D eigenvalue weighted by molar-refractivity contribution is 5.76. The zero-order valence-electron chi connectivity index (χ0n) is 9.52. The molecule has 1 aromatic rings. The molecule has 2 rings (SSSR count). The Bertz CT molecular complexity index is 391. The van der Waals surface area contributed by atoms with Crippen molar-refractivity contribution >= 4 is 5.57 Å². The SMILES string of the molecule is N#C/C(=C\C1CCCCC1)c1ccccc1. The van der Waals surface area contributed by atoms with Crippen molar-refractivity contribution in [2.75, 3.05) is 0 Å². The van der Waals surface area contributed by atoms with E-state index in [0.29, 0.717) is 5.92 Å². The summed E-state index contributed by atoms with van der Waals surface area (Å²) in [6, 6.07) is 12.3. The molecule has 0 unspecified atom stereocenters. The fourth-order valence-corrected chi connectivity index (χ4v) is 2.35. The number of benzene rings is 1. The molecule has 1 aromatic carbocycles. The summed E-state index contributed by atoms with van der Waals surface area (Å²) in [4.78, 5) is 0. The standard InChI is InChI=1S/C15H17N/c16-12-15(14-9-5-2-6-10-14)11-13-7-3-1-4-8-13/h2,5-6,9-11,13H,1,3-4,7-8H2/b15-11+. The number of nitrogens with zero attached hydrogens (tertiary/aromatic N) is 1. The van der Waals surface area contributed by atoms with Crippen molar-refractivity contribution in [3.8, 4) is 6.07 Å². The molecule has 0 radical (unpaired) electrons. The van der Waals surface area contributed by atoms with Crippen LogP contribution in [0.2, 0.25) is 0 Å². The van der Waals surface area contributed by atoms with Crippen molar-refractivity contribution in [1.29, 1.82) is 5.26 Å². The summed E-state index contributed by atoms with van der Waals surface area (Å²) in [6.07, 6.45) is 8.66. The van der Waals surface area contributed by atoms with E-state index in [1.807, 2.05) is 30.3 Å². The van der Waals surface area contributed by atoms with Crippen molar-refractivity contribution in [2.24, 2.45) is 5.92 Å². The minimum Gasteiger partial charge on any atom is -0.192 e. The lowest BCUT2D eigenvalue weighted by atomic mass is 9.87. The summed E-state index contributed by atoms with van der Waals surface area (Å²) < 4.78 is 0. The zero-order valence-corrected chi connectivity index (χ0v) is 9.52. The van der Waals surface area contributed by atoms with Gasteiger partial charge in [-0.05, 0) is 24.3 Å². The van der Waals surface area contributed by atoms with Crippen LogP contribution < -0.4 is 0 Å². The van der Waals surface area contributed by atoms with E-state index in [0.717, 1.165) is 11.1 Å². The van der Waals surface area contributed by atoms with E-state index < -0.39 is 0 Å². The highest BCUT2D eigenvalue weighted by Crippen LogP contribution is 2.27. The molecule has 0 N–H and O–H groups in total. The van der Waals surface area contributed by atoms with Crippen LogP contribution >= 0.6 is 0 Å². The summed E-state index contributed by atoms with van der Waals surface area (Å²) in [6.45, 7) is 0. The van der Waals surface area contributed by atoms with Crippen molar-refractivity contribution in [3.63, 3.8) is 0 Å². The Balaban J connectivity index is 2.16. The van der Waals surface area contributed by atoms with Crippen molar-refractivity contribution < 1.29 is 0 Å². The van der Waals surface area contributed by atoms with E-state index >= 15 is 0 Å². The van der Waals surface area contributed by atoms with Gasteiger partial charge in [0, 0.05) is 0 Å². The van der Waals surface area contributed by atoms with Gasteiger partial charge in [-0.15, -0.1) is 0 Å². The molecule has 1 aliphatic rings. The lowest BCUT2D eigenvalue weighted by Crippen LogP contribution is -2.03. The van der Waals surface area contributed by atoms with Gasteiger partial charge in [0.2, 0.25) is 0 Å². The maximum Gasteiger partial charge on any atom is 0.0994 e. The minimum absolute atomic E-state index is 0.614. The number of hydrogen-bond donors (Lipinski definition) is 0. The third kappa shape index (κ3) is 2.73. The van der Waals surface area contributed by atoms with Gasteiger partial charge in [-0.3, -0.25) is 0 Å². The van der Waals surface area contributed by atoms with Gasteiger partial charge in [-0.1, -0.05) is 55.7 Å². The van der Waals surface area contributed by atoms with Crippen molar-refractivity contribution in [2.45, 2.75) is 32.1 Å². The van der Waals surface area contributed by atoms with Gasteiger partial charge < -0.3 is 0 Å². The summed E-state index contributed by atoms with van der Waals surface area (Å²) >= 11 is 0. The minimum atomic E-state index is 0.614. The molecule has 1 nitrogen and oxygen atoms in total. The molecule has 1 fully saturated rings. The van der Waals surface area contributed by atoms with Gasteiger partial charge in [0.25, 0.3) is 0 Å². The van der Waals surface area contributed by atoms with Crippen molar-refractivity contribution in [3.05, 3.63) is 42.0 Å². The van der Waals surface area contributed by atoms with Gasteiger partial charge in [-0.25, -0.2) is 0 Å². The molecule has 16 heavy (non-hydrogen) atoms. The molecule has 82 valence electrons. The van der Waals surface area contributed by atoms with Crippen LogP contribution in [0.4, 0.5) is 0 Å². The average Bonchev–Trinajstić information content (AvgIpc) is 2.38. The number of hydrogen-bond acceptors (Lipinski definition) is 1. The van der Waals surface area contributed by atoms with E-state index in [-0.39, 0.29) is 0 Å². The van der Waals surface area contributed by atoms with Crippen LogP contribution in [0, 0.1) is 17.2 Å². The van der Waals surface area contributed by atoms with Crippen LogP contribution in [-0.2, 0) is 0 Å². The number of nitriles is 1. The van der Waals surface area contributed by atoms with Gasteiger partial charge >= 0.3 is 0 Å². The second kappa shape index (κ2) is 5.51. The first-order valence-corrected chi connectivity index (χ1v) is 6.07. The third-order valence-corrected chi connectivity index (χ3v) is 3.26. The van der Waals surface area contributed by atoms with Crippen LogP contribution in [0.15, 0.2) is 36.4 Å². The number of rotatable bonds is 2. The first kappa shape index (κ1) is 11.0. The monoisotopic (exact) mass is 211 g/mol. The lowest BCUT2D eigenvalue weighted by Gasteiger charge is -2.18. The molecule has 1 saturated carbocycles. The molecular formula is C15H17N. The van der Waals surface area contributed by atoms with E-state index in [2.05, 4.69) is 12.1 Å². The highest BCUT2D eigenvalue weighted by Gasteiger charge is 2.12. The average molecular weight is 211 g/mol. The van der Waals surface area contributed by atoms with Crippen LogP contribution in [0.1, 0.15) is 37.7 Å². The Hall–Kier alpha value is -1.55. The first-order chi connectivity index (χ1) is 7.90. The predicted molar refractivity (Wildman–Crippen MR) is 66.6 cm³/mol. The maximum atomic E-state index is 9.19. The van der Waals surface area contributed by atoms with Gasteiger partial charge in [0.1, 0.15) is 0 Å². The molecule has 0 aliphatic heterocycles. The van der Waals surface area contributed by atoms with E-state index in [4.69, 9.17) is 0 Å². The van der Waals surface area contributed by atoms with Gasteiger partial charge in [-0.2, -0.15) is 5.26 Å². The summed E-state index contributed by atoms with van der Waals surface area (Å²) in [5, 5.41) is 9.19. The second-order valence-corrected chi connectivity index (χ2v) is 4.46. The summed E-state index contributed by atoms with van der Waals surface area (Å²) in [5.74, 6) is 0.614. The Morgan fingerprint density at radius 3 is 2.44 bits per heavy atom. The maximum absolute atomic E-state index is 9.19. The van der Waals surface area contributed by atoms with E-state index in [1.54, 1.807) is 0 Å². The molecule has 0 saturated heterocycles. The lowest BCUT2D eigenvalue weighted by molar-refractivity contribution is 0.420. The Kier molecular flexibility index (Phi) is 3.77. The molecular weight excluding hydrogens is 194 g/mol. The van der Waals surface area contributed by atoms with E-state index in [9.17, 15) is 5.26 Å². The smallest absolute Gasteiger partial charge is 0.0994 e. The molecule has 1 heteroatoms. The molecule has 0 bridgehead atoms. The molecule has 0 amide bonds. The quantitative estimate of drug-likeness (QED) is 0.673. The molecule has 1 aliphatic carbocycles. The van der Waals surface area contributed by atoms with E-state index in [1.165, 1.54) is 32.1 Å². The Morgan fingerprint density at radius 2 is 1.81 bits per heavy atom. The predicted octanol–water partition coefficient (Wildman–Crippen LogP) is 4.17. The van der Waals surface area contributed by atoms with Crippen molar-refractivity contribution in [1.82, 2.24) is 0 Å². The van der Waals surface area contributed by atoms with Crippen LogP contribution in [0.5, 0.6) is 0 Å². The molecule has 0 spiro atoms. The first-order valence-electron chi connectivity index (χ1n) is 6.07. The molecule has 0 atom stereocenters.